The van der Waals surface area contributed by atoms with E-state index in [9.17, 15) is 14.4 Å². The number of hydrogen-bond acceptors (Lipinski definition) is 7. The first-order valence-corrected chi connectivity index (χ1v) is 11.2. The number of rotatable bonds is 5. The lowest BCUT2D eigenvalue weighted by atomic mass is 9.96. The second-order valence-corrected chi connectivity index (χ2v) is 9.23. The highest BCUT2D eigenvalue weighted by molar-refractivity contribution is 6.12. The molecule has 182 valence electrons. The molecule has 0 aliphatic carbocycles. The van der Waals surface area contributed by atoms with E-state index < -0.39 is 5.54 Å². The van der Waals surface area contributed by atoms with E-state index in [1.54, 1.807) is 45.3 Å². The molecule has 3 aromatic rings. The fourth-order valence-corrected chi connectivity index (χ4v) is 4.43. The number of nitrogen functional groups attached to an aromatic ring is 1. The van der Waals surface area contributed by atoms with E-state index in [0.29, 0.717) is 35.6 Å². The third-order valence-corrected chi connectivity index (χ3v) is 6.20. The van der Waals surface area contributed by atoms with Gasteiger partial charge in [0, 0.05) is 57.6 Å². The van der Waals surface area contributed by atoms with E-state index in [-0.39, 0.29) is 23.4 Å². The lowest BCUT2D eigenvalue weighted by Crippen LogP contribution is -2.64. The number of nitrogens with two attached hydrogens (primary N) is 1. The molecule has 0 radical (unpaired) electrons. The minimum Gasteiger partial charge on any atom is -0.383 e. The quantitative estimate of drug-likeness (QED) is 0.444. The second kappa shape index (κ2) is 8.86. The Bertz CT molecular complexity index is 1360. The Hall–Kier alpha value is -4.21. The number of ketones is 1. The van der Waals surface area contributed by atoms with Gasteiger partial charge in [-0.15, -0.1) is 0 Å². The molecule has 0 bridgehead atoms. The molecule has 10 heteroatoms. The van der Waals surface area contributed by atoms with Crippen LogP contribution < -0.4 is 10.6 Å². The summed E-state index contributed by atoms with van der Waals surface area (Å²) in [6.07, 6.45) is 4.48. The predicted octanol–water partition coefficient (Wildman–Crippen LogP) is 2.21. The first-order valence-electron chi connectivity index (χ1n) is 11.2. The largest absolute Gasteiger partial charge is 0.383 e. The Balaban J connectivity index is 1.78. The highest BCUT2D eigenvalue weighted by Crippen LogP contribution is 2.33. The summed E-state index contributed by atoms with van der Waals surface area (Å²) < 4.78 is 1.59. The molecular weight excluding hydrogens is 446 g/mol. The molecule has 0 saturated carbocycles. The van der Waals surface area contributed by atoms with Crippen molar-refractivity contribution in [2.24, 2.45) is 0 Å². The molecule has 1 aliphatic heterocycles. The Morgan fingerprint density at radius 1 is 1.17 bits per heavy atom. The third kappa shape index (κ3) is 4.23. The summed E-state index contributed by atoms with van der Waals surface area (Å²) in [5, 5.41) is 4.34. The number of piperazine rings is 1. The van der Waals surface area contributed by atoms with Crippen LogP contribution in [-0.2, 0) is 9.59 Å². The maximum atomic E-state index is 13.3. The Morgan fingerprint density at radius 2 is 1.91 bits per heavy atom. The van der Waals surface area contributed by atoms with Crippen molar-refractivity contribution in [2.75, 3.05) is 37.8 Å². The molecule has 0 unspecified atom stereocenters. The van der Waals surface area contributed by atoms with Gasteiger partial charge in [0.15, 0.2) is 11.6 Å². The molecule has 1 fully saturated rings. The zero-order chi connectivity index (χ0) is 25.5. The summed E-state index contributed by atoms with van der Waals surface area (Å²) in [5.41, 5.74) is 8.08. The Labute approximate surface area is 203 Å². The number of amides is 2. The molecule has 4 rings (SSSR count). The van der Waals surface area contributed by atoms with E-state index in [4.69, 9.17) is 5.73 Å². The molecule has 1 aliphatic rings. The zero-order valence-electron chi connectivity index (χ0n) is 20.5. The summed E-state index contributed by atoms with van der Waals surface area (Å²) in [6, 6.07) is 9.20. The van der Waals surface area contributed by atoms with Crippen LogP contribution in [0.15, 0.2) is 48.9 Å². The van der Waals surface area contributed by atoms with Crippen LogP contribution in [0.4, 0.5) is 11.5 Å². The molecule has 2 N–H and O–H groups in total. The van der Waals surface area contributed by atoms with Crippen molar-refractivity contribution in [2.45, 2.75) is 26.3 Å². The highest BCUT2D eigenvalue weighted by atomic mass is 16.2. The summed E-state index contributed by atoms with van der Waals surface area (Å²) in [6.45, 7) is 5.81. The van der Waals surface area contributed by atoms with Crippen molar-refractivity contribution in [3.8, 4) is 11.3 Å². The average molecular weight is 476 g/mol. The van der Waals surface area contributed by atoms with E-state index in [1.165, 1.54) is 19.3 Å². The molecule has 10 nitrogen and oxygen atoms in total. The number of carbonyl (C=O) groups excluding carboxylic acids is 3. The van der Waals surface area contributed by atoms with E-state index >= 15 is 0 Å². The topological polar surface area (TPSA) is 117 Å². The van der Waals surface area contributed by atoms with Crippen molar-refractivity contribution in [1.82, 2.24) is 24.4 Å². The van der Waals surface area contributed by atoms with Gasteiger partial charge in [0.25, 0.3) is 5.91 Å². The lowest BCUT2D eigenvalue weighted by Gasteiger charge is -2.45. The molecule has 35 heavy (non-hydrogen) atoms. The van der Waals surface area contributed by atoms with Crippen molar-refractivity contribution >= 4 is 34.6 Å². The zero-order valence-corrected chi connectivity index (χ0v) is 20.5. The summed E-state index contributed by atoms with van der Waals surface area (Å²) in [7, 11) is 3.66. The number of aromatic nitrogens is 3. The molecule has 3 heterocycles. The third-order valence-electron chi connectivity index (χ3n) is 6.20. The van der Waals surface area contributed by atoms with Gasteiger partial charge in [-0.25, -0.2) is 9.50 Å². The number of benzene rings is 1. The predicted molar refractivity (Wildman–Crippen MR) is 134 cm³/mol. The van der Waals surface area contributed by atoms with Gasteiger partial charge in [0.1, 0.15) is 17.4 Å². The number of carbonyl (C=O) groups is 3. The molecule has 1 aromatic carbocycles. The van der Waals surface area contributed by atoms with Gasteiger partial charge in [0.05, 0.1) is 11.3 Å². The molecule has 1 saturated heterocycles. The number of nitrogens with zero attached hydrogens (tertiary/aromatic N) is 6. The SMILES string of the molecule is CC(=O)N1CCN(c2cccc(-c3cc(C(=O)C=CN(C)C)c4c(N)ncnn34)c2)C(=O)C1(C)C. The molecule has 2 amide bonds. The van der Waals surface area contributed by atoms with Gasteiger partial charge >= 0.3 is 0 Å². The molecule has 2 aromatic heterocycles. The monoisotopic (exact) mass is 475 g/mol. The minimum atomic E-state index is -0.956. The van der Waals surface area contributed by atoms with Gasteiger partial charge in [-0.3, -0.25) is 14.4 Å². The Kier molecular flexibility index (Phi) is 6.06. The van der Waals surface area contributed by atoms with Crippen LogP contribution in [0.3, 0.4) is 0 Å². The van der Waals surface area contributed by atoms with Crippen molar-refractivity contribution in [1.29, 1.82) is 0 Å². The lowest BCUT2D eigenvalue weighted by molar-refractivity contribution is -0.145. The first-order chi connectivity index (χ1) is 16.5. The van der Waals surface area contributed by atoms with Gasteiger partial charge in [0.2, 0.25) is 5.91 Å². The molecular formula is C25H29N7O3. The molecule has 0 atom stereocenters. The van der Waals surface area contributed by atoms with E-state index in [0.717, 1.165) is 5.56 Å². The van der Waals surface area contributed by atoms with Gasteiger partial charge in [-0.2, -0.15) is 5.10 Å². The fraction of sp³-hybridized carbons (Fsp3) is 0.320. The summed E-state index contributed by atoms with van der Waals surface area (Å²) >= 11 is 0. The summed E-state index contributed by atoms with van der Waals surface area (Å²) in [4.78, 5) is 47.4. The van der Waals surface area contributed by atoms with Crippen LogP contribution >= 0.6 is 0 Å². The van der Waals surface area contributed by atoms with Crippen molar-refractivity contribution in [3.05, 3.63) is 54.5 Å². The number of fused-ring (bicyclic) bond motifs is 1. The van der Waals surface area contributed by atoms with E-state index in [2.05, 4.69) is 10.1 Å². The van der Waals surface area contributed by atoms with Gasteiger partial charge in [-0.05, 0) is 32.0 Å². The van der Waals surface area contributed by atoms with Crippen LogP contribution in [0.25, 0.3) is 16.8 Å². The standard InChI is InChI=1S/C25H29N7O3/c1-16(33)31-12-11-30(24(35)25(31,2)3)18-8-6-7-17(13-18)20-14-19(21(34)9-10-29(4)5)22-23(26)27-15-28-32(20)22/h6-10,13-15H,11-12H2,1-5H3,(H2,26,27,28). The van der Waals surface area contributed by atoms with Crippen LogP contribution in [0, 0.1) is 0 Å². The van der Waals surface area contributed by atoms with Crippen LogP contribution in [0.1, 0.15) is 31.1 Å². The maximum absolute atomic E-state index is 13.3. The van der Waals surface area contributed by atoms with Crippen molar-refractivity contribution < 1.29 is 14.4 Å². The van der Waals surface area contributed by atoms with Gasteiger partial charge < -0.3 is 20.4 Å². The normalized spacial score (nSPS) is 15.7. The molecule has 0 spiro atoms. The number of anilines is 2. The van der Waals surface area contributed by atoms with Gasteiger partial charge in [-0.1, -0.05) is 12.1 Å². The minimum absolute atomic E-state index is 0.130. The maximum Gasteiger partial charge on any atom is 0.252 e. The smallest absolute Gasteiger partial charge is 0.252 e. The average Bonchev–Trinajstić information content (AvgIpc) is 3.20. The van der Waals surface area contributed by atoms with E-state index in [1.807, 2.05) is 38.4 Å². The fourth-order valence-electron chi connectivity index (χ4n) is 4.43. The second-order valence-electron chi connectivity index (χ2n) is 9.23. The van der Waals surface area contributed by atoms with Crippen molar-refractivity contribution in [3.63, 3.8) is 0 Å². The van der Waals surface area contributed by atoms with Crippen LogP contribution in [0.2, 0.25) is 0 Å². The first kappa shape index (κ1) is 23.9. The Morgan fingerprint density at radius 3 is 2.60 bits per heavy atom. The number of hydrogen-bond donors (Lipinski definition) is 1. The van der Waals surface area contributed by atoms with Crippen LogP contribution in [0.5, 0.6) is 0 Å². The highest BCUT2D eigenvalue weighted by Gasteiger charge is 2.43. The van der Waals surface area contributed by atoms with Crippen LogP contribution in [-0.4, -0.2) is 74.7 Å². The summed E-state index contributed by atoms with van der Waals surface area (Å²) in [5.74, 6) is -0.319. The number of allylic oxidation sites excluding steroid dienone is 1.